The predicted octanol–water partition coefficient (Wildman–Crippen LogP) is 4.84. The first-order chi connectivity index (χ1) is 21.9. The van der Waals surface area contributed by atoms with Gasteiger partial charge in [-0.2, -0.15) is 36.3 Å². The van der Waals surface area contributed by atoms with Crippen LogP contribution in [0.1, 0.15) is 24.0 Å². The monoisotopic (exact) mass is 681 g/mol. The van der Waals surface area contributed by atoms with Crippen LogP contribution in [0.4, 0.5) is 55.4 Å². The van der Waals surface area contributed by atoms with Crippen LogP contribution in [0.2, 0.25) is 0 Å². The molecule has 0 aliphatic carbocycles. The smallest absolute Gasteiger partial charge is 0.427 e. The summed E-state index contributed by atoms with van der Waals surface area (Å²) in [5, 5.41) is 2.34. The van der Waals surface area contributed by atoms with Crippen LogP contribution in [0, 0.1) is 18.6 Å². The van der Waals surface area contributed by atoms with Gasteiger partial charge in [-0.15, -0.1) is 0 Å². The number of benzene rings is 1. The standard InChI is InChI=1S/C28H25F10N7O2/c1-11-16(27(33,34)35)12(6-13(39)17(11)29)19-18(30)20-15-22(43-24(42-20)46-10-25-2-4-44(25)9-26(31,32)8-25)45-5-3-40-7-14(45)21(28(36,37)38)47-23(15)41-19/h6,14,21,40H,2-5,7-10,39H2,1H3/t14-,21+,25+/m0/s1. The van der Waals surface area contributed by atoms with Crippen LogP contribution in [0.3, 0.4) is 0 Å². The van der Waals surface area contributed by atoms with E-state index in [0.29, 0.717) is 19.0 Å². The van der Waals surface area contributed by atoms with E-state index in [2.05, 4.69) is 20.3 Å². The van der Waals surface area contributed by atoms with Crippen molar-refractivity contribution in [3.8, 4) is 23.1 Å². The third-order valence-corrected chi connectivity index (χ3v) is 9.24. The Morgan fingerprint density at radius 1 is 1.09 bits per heavy atom. The normalized spacial score (nSPS) is 25.6. The number of alkyl halides is 8. The topological polar surface area (TPSA) is 102 Å². The summed E-state index contributed by atoms with van der Waals surface area (Å²) < 4.78 is 157. The maximum Gasteiger partial charge on any atom is 0.427 e. The van der Waals surface area contributed by atoms with Crippen LogP contribution in [0.25, 0.3) is 22.2 Å². The lowest BCUT2D eigenvalue weighted by Crippen LogP contribution is -2.61. The molecule has 0 radical (unpaired) electrons. The van der Waals surface area contributed by atoms with Crippen molar-refractivity contribution in [3.05, 3.63) is 28.8 Å². The molecule has 0 saturated carbocycles. The molecule has 0 spiro atoms. The molecule has 3 atom stereocenters. The molecule has 0 unspecified atom stereocenters. The maximum atomic E-state index is 16.5. The minimum atomic E-state index is -5.28. The first-order valence-electron chi connectivity index (χ1n) is 14.4. The highest BCUT2D eigenvalue weighted by Crippen LogP contribution is 2.49. The lowest BCUT2D eigenvalue weighted by molar-refractivity contribution is -0.201. The van der Waals surface area contributed by atoms with Gasteiger partial charge in [0.15, 0.2) is 5.82 Å². The van der Waals surface area contributed by atoms with Gasteiger partial charge in [0.05, 0.1) is 29.4 Å². The zero-order valence-corrected chi connectivity index (χ0v) is 24.3. The number of nitrogens with zero attached hydrogens (tertiary/aromatic N) is 5. The molecule has 4 aliphatic heterocycles. The molecule has 3 aromatic rings. The number of hydrogen-bond acceptors (Lipinski definition) is 9. The number of halogens is 10. The minimum Gasteiger partial charge on any atom is -0.462 e. The molecule has 3 fully saturated rings. The lowest BCUT2D eigenvalue weighted by atomic mass is 9.85. The lowest BCUT2D eigenvalue weighted by Gasteiger charge is -2.46. The number of piperazine rings is 1. The highest BCUT2D eigenvalue weighted by Gasteiger charge is 2.60. The highest BCUT2D eigenvalue weighted by atomic mass is 19.4. The summed E-state index contributed by atoms with van der Waals surface area (Å²) in [6, 6.07) is -1.64. The van der Waals surface area contributed by atoms with Gasteiger partial charge in [-0.05, 0) is 25.0 Å². The van der Waals surface area contributed by atoms with Gasteiger partial charge < -0.3 is 25.4 Å². The van der Waals surface area contributed by atoms with Crippen molar-refractivity contribution >= 4 is 22.4 Å². The number of fused-ring (bicyclic) bond motifs is 3. The van der Waals surface area contributed by atoms with Gasteiger partial charge in [0, 0.05) is 38.2 Å². The Bertz CT molecular complexity index is 1790. The van der Waals surface area contributed by atoms with Gasteiger partial charge in [0.2, 0.25) is 12.0 Å². The van der Waals surface area contributed by atoms with Gasteiger partial charge in [0.1, 0.15) is 34.8 Å². The SMILES string of the molecule is Cc1c(F)c(N)cc(-c2nc3c4c(nc(OC[C@]56CCN5CC(F)(F)C6)nc4c2F)N2CCNC[C@H]2[C@H](C(F)(F)F)O3)c1C(F)(F)F. The van der Waals surface area contributed by atoms with Crippen molar-refractivity contribution in [2.75, 3.05) is 50.0 Å². The zero-order chi connectivity index (χ0) is 33.8. The van der Waals surface area contributed by atoms with E-state index in [1.165, 1.54) is 9.80 Å². The molecule has 254 valence electrons. The van der Waals surface area contributed by atoms with Crippen LogP contribution in [0.5, 0.6) is 11.9 Å². The number of nitrogen functional groups attached to an aromatic ring is 1. The predicted molar refractivity (Wildman–Crippen MR) is 145 cm³/mol. The van der Waals surface area contributed by atoms with E-state index < -0.39 is 111 Å². The zero-order valence-electron chi connectivity index (χ0n) is 24.3. The van der Waals surface area contributed by atoms with Crippen molar-refractivity contribution in [2.24, 2.45) is 0 Å². The van der Waals surface area contributed by atoms with E-state index in [-0.39, 0.29) is 32.1 Å². The third kappa shape index (κ3) is 5.03. The second-order valence-electron chi connectivity index (χ2n) is 12.2. The van der Waals surface area contributed by atoms with Gasteiger partial charge >= 0.3 is 18.4 Å². The molecular formula is C28H25F10N7O2. The van der Waals surface area contributed by atoms with Gasteiger partial charge in [-0.25, -0.2) is 22.5 Å². The van der Waals surface area contributed by atoms with Crippen LogP contribution in [-0.4, -0.2) is 89.0 Å². The summed E-state index contributed by atoms with van der Waals surface area (Å²) in [5.41, 5.74) is -1.99. The Morgan fingerprint density at radius 2 is 1.83 bits per heavy atom. The van der Waals surface area contributed by atoms with E-state index in [1.54, 1.807) is 0 Å². The number of anilines is 2. The fourth-order valence-electron chi connectivity index (χ4n) is 7.02. The number of nitrogens with two attached hydrogens (primary N) is 1. The van der Waals surface area contributed by atoms with Gasteiger partial charge in [-0.3, -0.25) is 4.90 Å². The minimum absolute atomic E-state index is 0.0924. The summed E-state index contributed by atoms with van der Waals surface area (Å²) in [4.78, 5) is 14.8. The number of ether oxygens (including phenoxy) is 2. The maximum absolute atomic E-state index is 16.5. The second-order valence-corrected chi connectivity index (χ2v) is 12.2. The molecule has 7 rings (SSSR count). The summed E-state index contributed by atoms with van der Waals surface area (Å²) in [6.07, 6.45) is -13.2. The Balaban J connectivity index is 1.45. The largest absolute Gasteiger partial charge is 0.462 e. The fraction of sp³-hybridized carbons (Fsp3) is 0.536. The molecule has 47 heavy (non-hydrogen) atoms. The molecule has 4 aliphatic rings. The van der Waals surface area contributed by atoms with Crippen LogP contribution in [0.15, 0.2) is 6.07 Å². The average Bonchev–Trinajstić information content (AvgIpc) is 3.07. The summed E-state index contributed by atoms with van der Waals surface area (Å²) in [6.45, 7) is 0.0405. The molecule has 9 nitrogen and oxygen atoms in total. The van der Waals surface area contributed by atoms with Crippen molar-refractivity contribution in [1.82, 2.24) is 25.2 Å². The van der Waals surface area contributed by atoms with Crippen molar-refractivity contribution < 1.29 is 53.4 Å². The first kappa shape index (κ1) is 31.7. The van der Waals surface area contributed by atoms with Crippen molar-refractivity contribution in [3.63, 3.8) is 0 Å². The first-order valence-corrected chi connectivity index (χ1v) is 14.4. The summed E-state index contributed by atoms with van der Waals surface area (Å²) >= 11 is 0. The van der Waals surface area contributed by atoms with Crippen LogP contribution >= 0.6 is 0 Å². The molecular weight excluding hydrogens is 656 g/mol. The number of aromatic nitrogens is 3. The molecule has 0 bridgehead atoms. The quantitative estimate of drug-likeness (QED) is 0.296. The number of hydrogen-bond donors (Lipinski definition) is 2. The Kier molecular flexibility index (Phi) is 6.96. The summed E-state index contributed by atoms with van der Waals surface area (Å²) in [7, 11) is 0. The van der Waals surface area contributed by atoms with Crippen LogP contribution < -0.4 is 25.4 Å². The van der Waals surface area contributed by atoms with Gasteiger partial charge in [-0.1, -0.05) is 0 Å². The summed E-state index contributed by atoms with van der Waals surface area (Å²) in [5.74, 6) is -7.20. The van der Waals surface area contributed by atoms with E-state index in [1.807, 2.05) is 0 Å². The van der Waals surface area contributed by atoms with E-state index in [9.17, 15) is 39.5 Å². The fourth-order valence-corrected chi connectivity index (χ4v) is 7.02. The highest BCUT2D eigenvalue weighted by molar-refractivity contribution is 5.97. The van der Waals surface area contributed by atoms with E-state index in [4.69, 9.17) is 15.2 Å². The molecule has 2 aromatic heterocycles. The molecule has 3 N–H and O–H groups in total. The van der Waals surface area contributed by atoms with Crippen molar-refractivity contribution in [1.29, 1.82) is 0 Å². The van der Waals surface area contributed by atoms with Crippen molar-refractivity contribution in [2.45, 2.75) is 55.7 Å². The Hall–Kier alpha value is -3.87. The molecule has 1 aromatic carbocycles. The Labute approximate surface area is 259 Å². The van der Waals surface area contributed by atoms with Crippen LogP contribution in [-0.2, 0) is 6.18 Å². The third-order valence-electron chi connectivity index (χ3n) is 9.24. The molecule has 6 heterocycles. The van der Waals surface area contributed by atoms with Gasteiger partial charge in [0.25, 0.3) is 5.92 Å². The number of pyridine rings is 1. The molecule has 19 heteroatoms. The van der Waals surface area contributed by atoms with E-state index >= 15 is 4.39 Å². The number of rotatable bonds is 4. The average molecular weight is 682 g/mol. The Morgan fingerprint density at radius 3 is 2.47 bits per heavy atom. The van der Waals surface area contributed by atoms with E-state index in [0.717, 1.165) is 6.92 Å². The second kappa shape index (κ2) is 10.3. The molecule has 0 amide bonds. The number of nitrogens with one attached hydrogen (secondary N) is 1. The molecule has 3 saturated heterocycles.